The Morgan fingerprint density at radius 2 is 2.00 bits per heavy atom. The second kappa shape index (κ2) is 8.41. The zero-order chi connectivity index (χ0) is 19.3. The van der Waals surface area contributed by atoms with Crippen LogP contribution in [0.25, 0.3) is 11.4 Å². The van der Waals surface area contributed by atoms with Gasteiger partial charge in [-0.05, 0) is 12.8 Å². The van der Waals surface area contributed by atoms with Gasteiger partial charge in [-0.15, -0.1) is 0 Å². The number of carbonyl (C=O) groups excluding carboxylic acids is 2. The lowest BCUT2D eigenvalue weighted by Gasteiger charge is -2.36. The van der Waals surface area contributed by atoms with Gasteiger partial charge in [0.2, 0.25) is 17.6 Å². The lowest BCUT2D eigenvalue weighted by molar-refractivity contribution is -0.127. The molecule has 28 heavy (non-hydrogen) atoms. The molecule has 1 atom stereocenters. The Morgan fingerprint density at radius 1 is 1.21 bits per heavy atom. The summed E-state index contributed by atoms with van der Waals surface area (Å²) in [4.78, 5) is 31.3. The fraction of sp³-hybridized carbons (Fsp3) is 0.500. The molecule has 2 aromatic rings. The van der Waals surface area contributed by atoms with E-state index in [1.165, 1.54) is 6.42 Å². The molecule has 3 amide bonds. The third kappa shape index (κ3) is 4.16. The van der Waals surface area contributed by atoms with Crippen LogP contribution in [0.2, 0.25) is 0 Å². The van der Waals surface area contributed by atoms with Crippen LogP contribution < -0.4 is 10.6 Å². The second-order valence-corrected chi connectivity index (χ2v) is 7.37. The molecule has 0 spiro atoms. The first-order chi connectivity index (χ1) is 13.7. The van der Waals surface area contributed by atoms with E-state index in [1.54, 1.807) is 4.90 Å². The van der Waals surface area contributed by atoms with E-state index in [-0.39, 0.29) is 24.4 Å². The molecule has 148 valence electrons. The van der Waals surface area contributed by atoms with Crippen LogP contribution in [-0.4, -0.2) is 52.2 Å². The summed E-state index contributed by atoms with van der Waals surface area (Å²) in [6.45, 7) is 0.918. The van der Waals surface area contributed by atoms with E-state index in [4.69, 9.17) is 4.52 Å². The average Bonchev–Trinajstić information content (AvgIpc) is 3.19. The molecular formula is C20H25N5O3. The molecule has 0 bridgehead atoms. The van der Waals surface area contributed by atoms with Crippen molar-refractivity contribution in [2.45, 2.75) is 50.6 Å². The monoisotopic (exact) mass is 383 g/mol. The Morgan fingerprint density at radius 3 is 2.79 bits per heavy atom. The molecule has 1 aromatic carbocycles. The van der Waals surface area contributed by atoms with Crippen LogP contribution in [0.1, 0.15) is 38.0 Å². The van der Waals surface area contributed by atoms with Crippen LogP contribution in [0, 0.1) is 0 Å². The third-order valence-electron chi connectivity index (χ3n) is 5.39. The van der Waals surface area contributed by atoms with Crippen LogP contribution in [0.15, 0.2) is 34.9 Å². The largest absolute Gasteiger partial charge is 0.353 e. The lowest BCUT2D eigenvalue weighted by Crippen LogP contribution is -2.61. The fourth-order valence-corrected chi connectivity index (χ4v) is 3.87. The van der Waals surface area contributed by atoms with Crippen LogP contribution in [0.5, 0.6) is 0 Å². The van der Waals surface area contributed by atoms with Crippen molar-refractivity contribution in [3.05, 3.63) is 36.2 Å². The predicted octanol–water partition coefficient (Wildman–Crippen LogP) is 2.12. The highest BCUT2D eigenvalue weighted by Gasteiger charge is 2.35. The summed E-state index contributed by atoms with van der Waals surface area (Å²) >= 11 is 0. The van der Waals surface area contributed by atoms with E-state index < -0.39 is 6.04 Å². The number of amides is 3. The molecule has 0 radical (unpaired) electrons. The second-order valence-electron chi connectivity index (χ2n) is 7.37. The van der Waals surface area contributed by atoms with Crippen LogP contribution in [-0.2, 0) is 11.2 Å². The molecule has 1 saturated carbocycles. The van der Waals surface area contributed by atoms with Crippen molar-refractivity contribution in [1.29, 1.82) is 0 Å². The number of nitrogens with zero attached hydrogens (tertiary/aromatic N) is 3. The molecule has 8 nitrogen and oxygen atoms in total. The quantitative estimate of drug-likeness (QED) is 0.842. The van der Waals surface area contributed by atoms with Gasteiger partial charge in [-0.25, -0.2) is 4.79 Å². The Kier molecular flexibility index (Phi) is 5.55. The van der Waals surface area contributed by atoms with Gasteiger partial charge in [-0.3, -0.25) is 4.79 Å². The van der Waals surface area contributed by atoms with Gasteiger partial charge < -0.3 is 20.1 Å². The van der Waals surface area contributed by atoms with E-state index in [2.05, 4.69) is 20.8 Å². The zero-order valence-electron chi connectivity index (χ0n) is 15.8. The lowest BCUT2D eigenvalue weighted by atomic mass is 9.95. The average molecular weight is 383 g/mol. The highest BCUT2D eigenvalue weighted by Crippen LogP contribution is 2.20. The first-order valence-corrected chi connectivity index (χ1v) is 9.93. The molecule has 1 aromatic heterocycles. The molecule has 2 fully saturated rings. The first kappa shape index (κ1) is 18.5. The molecule has 2 N–H and O–H groups in total. The number of piperazine rings is 1. The summed E-state index contributed by atoms with van der Waals surface area (Å²) in [5.74, 6) is 0.630. The number of hydrogen-bond donors (Lipinski definition) is 2. The van der Waals surface area contributed by atoms with Gasteiger partial charge in [0.1, 0.15) is 6.04 Å². The number of aromatic nitrogens is 2. The van der Waals surface area contributed by atoms with Gasteiger partial charge >= 0.3 is 6.03 Å². The van der Waals surface area contributed by atoms with Crippen molar-refractivity contribution in [2.75, 3.05) is 13.1 Å². The number of nitrogens with one attached hydrogen (secondary N) is 2. The maximum atomic E-state index is 12.8. The SMILES string of the molecule is O=C1NCCN(C(=O)NC2CCCCC2)C1Cc1nc(-c2ccccc2)no1. The molecule has 4 rings (SSSR count). The van der Waals surface area contributed by atoms with Gasteiger partial charge in [-0.1, -0.05) is 54.8 Å². The minimum Gasteiger partial charge on any atom is -0.353 e. The fourth-order valence-electron chi connectivity index (χ4n) is 3.87. The van der Waals surface area contributed by atoms with Gasteiger partial charge in [0.05, 0.1) is 6.42 Å². The molecule has 2 aliphatic rings. The summed E-state index contributed by atoms with van der Waals surface area (Å²) < 4.78 is 5.35. The van der Waals surface area contributed by atoms with Crippen LogP contribution >= 0.6 is 0 Å². The predicted molar refractivity (Wildman–Crippen MR) is 102 cm³/mol. The summed E-state index contributed by atoms with van der Waals surface area (Å²) in [7, 11) is 0. The molecule has 2 heterocycles. The zero-order valence-corrected chi connectivity index (χ0v) is 15.8. The van der Waals surface area contributed by atoms with E-state index in [9.17, 15) is 9.59 Å². The highest BCUT2D eigenvalue weighted by molar-refractivity contribution is 5.88. The van der Waals surface area contributed by atoms with E-state index in [0.717, 1.165) is 31.2 Å². The Hall–Kier alpha value is -2.90. The molecular weight excluding hydrogens is 358 g/mol. The van der Waals surface area contributed by atoms with Crippen molar-refractivity contribution in [1.82, 2.24) is 25.7 Å². The Balaban J connectivity index is 1.45. The van der Waals surface area contributed by atoms with Crippen LogP contribution in [0.3, 0.4) is 0 Å². The van der Waals surface area contributed by atoms with Gasteiger partial charge in [0.25, 0.3) is 0 Å². The van der Waals surface area contributed by atoms with Gasteiger partial charge in [0, 0.05) is 24.7 Å². The molecule has 1 aliphatic carbocycles. The van der Waals surface area contributed by atoms with Crippen molar-refractivity contribution in [2.24, 2.45) is 0 Å². The van der Waals surface area contributed by atoms with Gasteiger partial charge in [-0.2, -0.15) is 4.98 Å². The maximum Gasteiger partial charge on any atom is 0.318 e. The number of hydrogen-bond acceptors (Lipinski definition) is 5. The summed E-state index contributed by atoms with van der Waals surface area (Å²) in [5, 5.41) is 9.93. The topological polar surface area (TPSA) is 100 Å². The number of benzene rings is 1. The minimum atomic E-state index is -0.651. The molecule has 8 heteroatoms. The van der Waals surface area contributed by atoms with E-state index in [1.807, 2.05) is 30.3 Å². The number of rotatable bonds is 4. The van der Waals surface area contributed by atoms with Crippen molar-refractivity contribution in [3.63, 3.8) is 0 Å². The van der Waals surface area contributed by atoms with Crippen molar-refractivity contribution in [3.8, 4) is 11.4 Å². The Labute approximate surface area is 163 Å². The third-order valence-corrected chi connectivity index (χ3v) is 5.39. The Bertz CT molecular complexity index is 816. The van der Waals surface area contributed by atoms with Crippen molar-refractivity contribution >= 4 is 11.9 Å². The van der Waals surface area contributed by atoms with E-state index in [0.29, 0.717) is 24.8 Å². The molecule has 1 aliphatic heterocycles. The highest BCUT2D eigenvalue weighted by atomic mass is 16.5. The first-order valence-electron chi connectivity index (χ1n) is 9.93. The minimum absolute atomic E-state index is 0.186. The summed E-state index contributed by atoms with van der Waals surface area (Å²) in [6, 6.07) is 8.86. The number of urea groups is 1. The van der Waals surface area contributed by atoms with Crippen LogP contribution in [0.4, 0.5) is 4.79 Å². The molecule has 1 unspecified atom stereocenters. The smallest absolute Gasteiger partial charge is 0.318 e. The normalized spacial score (nSPS) is 20.6. The van der Waals surface area contributed by atoms with Crippen molar-refractivity contribution < 1.29 is 14.1 Å². The number of carbonyl (C=O) groups is 2. The summed E-state index contributed by atoms with van der Waals surface area (Å²) in [6.07, 6.45) is 5.70. The standard InChI is InChI=1S/C20H25N5O3/c26-19-16(13-17-23-18(24-28-17)14-7-3-1-4-8-14)25(12-11-21-19)20(27)22-15-9-5-2-6-10-15/h1,3-4,7-8,15-16H,2,5-6,9-13H2,(H,21,26)(H,22,27). The molecule has 1 saturated heterocycles. The maximum absolute atomic E-state index is 12.8. The summed E-state index contributed by atoms with van der Waals surface area (Å²) in [5.41, 5.74) is 0.845. The van der Waals surface area contributed by atoms with E-state index >= 15 is 0 Å². The van der Waals surface area contributed by atoms with Gasteiger partial charge in [0.15, 0.2) is 0 Å².